The van der Waals surface area contributed by atoms with Gasteiger partial charge in [-0.25, -0.2) is 4.79 Å². The Balaban J connectivity index is 2.29. The number of carbonyl (C=O) groups excluding carboxylic acids is 2. The van der Waals surface area contributed by atoms with Gasteiger partial charge in [-0.3, -0.25) is 0 Å². The first-order chi connectivity index (χ1) is 10.7. The fraction of sp³-hybridized carbons (Fsp3) is 0.556. The molecule has 5 heteroatoms. The monoisotopic (exact) mass is 318 g/mol. The Hall–Kier alpha value is -2.04. The van der Waals surface area contributed by atoms with Crippen LogP contribution in [0.3, 0.4) is 0 Å². The zero-order valence-corrected chi connectivity index (χ0v) is 14.4. The van der Waals surface area contributed by atoms with Crippen LogP contribution < -0.4 is 10.2 Å². The van der Waals surface area contributed by atoms with Crippen LogP contribution in [0.25, 0.3) is 0 Å². The molecule has 1 heterocycles. The number of anilines is 1. The second-order valence-corrected chi connectivity index (χ2v) is 7.16. The summed E-state index contributed by atoms with van der Waals surface area (Å²) in [6, 6.07) is 7.72. The van der Waals surface area contributed by atoms with Gasteiger partial charge in [0, 0.05) is 24.3 Å². The number of rotatable bonds is 4. The smallest absolute Gasteiger partial charge is 0.408 e. The lowest BCUT2D eigenvalue weighted by Crippen LogP contribution is -2.47. The Morgan fingerprint density at radius 2 is 1.78 bits per heavy atom. The molecule has 0 aromatic heterocycles. The van der Waals surface area contributed by atoms with Crippen LogP contribution in [0, 0.1) is 0 Å². The molecule has 0 spiro atoms. The number of hydrogen-bond donors (Lipinski definition) is 1. The molecule has 1 aromatic rings. The van der Waals surface area contributed by atoms with E-state index < -0.39 is 17.2 Å². The third-order valence-electron chi connectivity index (χ3n) is 3.91. The Bertz CT molecular complexity index is 574. The van der Waals surface area contributed by atoms with Gasteiger partial charge in [-0.05, 0) is 46.6 Å². The Morgan fingerprint density at radius 3 is 2.35 bits per heavy atom. The maximum absolute atomic E-state index is 12.1. The molecule has 1 atom stereocenters. The molecular weight excluding hydrogens is 292 g/mol. The van der Waals surface area contributed by atoms with Crippen molar-refractivity contribution < 1.29 is 14.3 Å². The highest BCUT2D eigenvalue weighted by Gasteiger charge is 2.34. The molecule has 1 amide bonds. The van der Waals surface area contributed by atoms with Crippen molar-refractivity contribution in [1.82, 2.24) is 5.32 Å². The molecule has 2 rings (SSSR count). The number of nitrogens with one attached hydrogen (secondary N) is 1. The van der Waals surface area contributed by atoms with Gasteiger partial charge in [-0.1, -0.05) is 18.2 Å². The van der Waals surface area contributed by atoms with E-state index in [4.69, 9.17) is 4.74 Å². The van der Waals surface area contributed by atoms with Crippen LogP contribution in [0.1, 0.15) is 46.1 Å². The summed E-state index contributed by atoms with van der Waals surface area (Å²) in [5.41, 5.74) is 0.0579. The lowest BCUT2D eigenvalue weighted by molar-refractivity contribution is -0.113. The average molecular weight is 318 g/mol. The molecule has 1 aliphatic rings. The molecule has 0 saturated carbocycles. The van der Waals surface area contributed by atoms with Crippen LogP contribution in [0.4, 0.5) is 10.5 Å². The molecular formula is C18H26N2O3. The summed E-state index contributed by atoms with van der Waals surface area (Å²) in [6.45, 7) is 9.03. The van der Waals surface area contributed by atoms with E-state index >= 15 is 0 Å². The largest absolute Gasteiger partial charge is 0.444 e. The molecule has 1 saturated heterocycles. The van der Waals surface area contributed by atoms with Gasteiger partial charge in [0.05, 0.1) is 0 Å². The van der Waals surface area contributed by atoms with Crippen LogP contribution >= 0.6 is 0 Å². The minimum atomic E-state index is -1.12. The van der Waals surface area contributed by atoms with Crippen molar-refractivity contribution in [2.24, 2.45) is 0 Å². The highest BCUT2D eigenvalue weighted by Crippen LogP contribution is 2.31. The summed E-state index contributed by atoms with van der Waals surface area (Å²) >= 11 is 0. The first-order valence-electron chi connectivity index (χ1n) is 8.07. The Labute approximate surface area is 138 Å². The van der Waals surface area contributed by atoms with E-state index in [1.165, 1.54) is 0 Å². The highest BCUT2D eigenvalue weighted by atomic mass is 16.6. The Kier molecular flexibility index (Phi) is 4.97. The van der Waals surface area contributed by atoms with Crippen molar-refractivity contribution in [1.29, 1.82) is 0 Å². The quantitative estimate of drug-likeness (QED) is 0.866. The number of nitrogens with zero attached hydrogens (tertiary/aromatic N) is 1. The number of carbonyl (C=O) groups is 2. The molecule has 1 unspecified atom stereocenters. The predicted octanol–water partition coefficient (Wildman–Crippen LogP) is 3.23. The maximum Gasteiger partial charge on any atom is 0.408 e. The fourth-order valence-corrected chi connectivity index (χ4v) is 2.82. The molecule has 0 aliphatic carbocycles. The van der Waals surface area contributed by atoms with Crippen LogP contribution in [0.5, 0.6) is 0 Å². The SMILES string of the molecule is CC(C)(C)OC(=O)NC(C)(C=O)c1ccccc1N1CCCC1. The number of amides is 1. The molecule has 1 aliphatic heterocycles. The summed E-state index contributed by atoms with van der Waals surface area (Å²) < 4.78 is 5.30. The van der Waals surface area contributed by atoms with Gasteiger partial charge in [0.15, 0.2) is 0 Å². The molecule has 1 aromatic carbocycles. The number of aldehydes is 1. The second kappa shape index (κ2) is 6.60. The number of ether oxygens (including phenoxy) is 1. The predicted molar refractivity (Wildman–Crippen MR) is 90.7 cm³/mol. The topological polar surface area (TPSA) is 58.6 Å². The van der Waals surface area contributed by atoms with E-state index in [-0.39, 0.29) is 0 Å². The normalized spacial score (nSPS) is 17.5. The van der Waals surface area contributed by atoms with Crippen molar-refractivity contribution in [2.75, 3.05) is 18.0 Å². The fourth-order valence-electron chi connectivity index (χ4n) is 2.82. The summed E-state index contributed by atoms with van der Waals surface area (Å²) in [7, 11) is 0. The van der Waals surface area contributed by atoms with Crippen molar-refractivity contribution in [3.05, 3.63) is 29.8 Å². The van der Waals surface area contributed by atoms with Crippen LogP contribution in [0.2, 0.25) is 0 Å². The number of para-hydroxylation sites is 1. The van der Waals surface area contributed by atoms with Crippen LogP contribution in [-0.2, 0) is 15.1 Å². The van der Waals surface area contributed by atoms with E-state index in [1.54, 1.807) is 27.7 Å². The van der Waals surface area contributed by atoms with E-state index in [2.05, 4.69) is 10.2 Å². The summed E-state index contributed by atoms with van der Waals surface area (Å²) in [4.78, 5) is 26.2. The highest BCUT2D eigenvalue weighted by molar-refractivity contribution is 5.80. The van der Waals surface area contributed by atoms with Crippen LogP contribution in [0.15, 0.2) is 24.3 Å². The lowest BCUT2D eigenvalue weighted by atomic mass is 9.91. The van der Waals surface area contributed by atoms with Gasteiger partial charge in [-0.2, -0.15) is 0 Å². The van der Waals surface area contributed by atoms with Crippen molar-refractivity contribution in [3.8, 4) is 0 Å². The third-order valence-corrected chi connectivity index (χ3v) is 3.91. The zero-order chi connectivity index (χ0) is 17.1. The van der Waals surface area contributed by atoms with E-state index in [9.17, 15) is 9.59 Å². The molecule has 1 fully saturated rings. The molecule has 0 radical (unpaired) electrons. The number of hydrogen-bond acceptors (Lipinski definition) is 4. The van der Waals surface area contributed by atoms with Crippen molar-refractivity contribution in [3.63, 3.8) is 0 Å². The number of benzene rings is 1. The van der Waals surface area contributed by atoms with E-state index in [0.29, 0.717) is 0 Å². The van der Waals surface area contributed by atoms with E-state index in [1.807, 2.05) is 24.3 Å². The summed E-state index contributed by atoms with van der Waals surface area (Å²) in [5.74, 6) is 0. The standard InChI is InChI=1S/C18H26N2O3/c1-17(2,3)23-16(22)19-18(4,13-21)14-9-5-6-10-15(14)20-11-7-8-12-20/h5-6,9-10,13H,7-8,11-12H2,1-4H3,(H,19,22). The minimum Gasteiger partial charge on any atom is -0.444 e. The average Bonchev–Trinajstić information content (AvgIpc) is 2.99. The van der Waals surface area contributed by atoms with Crippen molar-refractivity contribution in [2.45, 2.75) is 51.7 Å². The Morgan fingerprint density at radius 1 is 1.17 bits per heavy atom. The molecule has 5 nitrogen and oxygen atoms in total. The van der Waals surface area contributed by atoms with Crippen LogP contribution in [-0.4, -0.2) is 31.1 Å². The molecule has 23 heavy (non-hydrogen) atoms. The van der Waals surface area contributed by atoms with Crippen molar-refractivity contribution >= 4 is 18.1 Å². The summed E-state index contributed by atoms with van der Waals surface area (Å²) in [6.07, 6.45) is 2.46. The molecule has 1 N–H and O–H groups in total. The lowest BCUT2D eigenvalue weighted by Gasteiger charge is -2.32. The van der Waals surface area contributed by atoms with Gasteiger partial charge >= 0.3 is 6.09 Å². The molecule has 0 bridgehead atoms. The third kappa shape index (κ3) is 4.24. The van der Waals surface area contributed by atoms with E-state index in [0.717, 1.165) is 43.5 Å². The van der Waals surface area contributed by atoms with Gasteiger partial charge in [-0.15, -0.1) is 0 Å². The van der Waals surface area contributed by atoms with Gasteiger partial charge < -0.3 is 19.7 Å². The van der Waals surface area contributed by atoms with Gasteiger partial charge in [0.25, 0.3) is 0 Å². The maximum atomic E-state index is 12.1. The first kappa shape index (κ1) is 17.3. The van der Waals surface area contributed by atoms with Gasteiger partial charge in [0.1, 0.15) is 17.4 Å². The molecule has 126 valence electrons. The van der Waals surface area contributed by atoms with Gasteiger partial charge in [0.2, 0.25) is 0 Å². The first-order valence-corrected chi connectivity index (χ1v) is 8.07. The second-order valence-electron chi connectivity index (χ2n) is 7.16. The zero-order valence-electron chi connectivity index (χ0n) is 14.4. The summed E-state index contributed by atoms with van der Waals surface area (Å²) in [5, 5.41) is 2.72. The number of alkyl carbamates (subject to hydrolysis) is 1. The minimum absolute atomic E-state index is 0.594.